The molecular formula is C11H17N3O. The first-order chi connectivity index (χ1) is 7.11. The molecule has 15 heavy (non-hydrogen) atoms. The van der Waals surface area contributed by atoms with E-state index in [0.29, 0.717) is 18.8 Å². The Morgan fingerprint density at radius 3 is 2.93 bits per heavy atom. The monoisotopic (exact) mass is 207 g/mol. The number of nitrogens with zero attached hydrogens (tertiary/aromatic N) is 1. The summed E-state index contributed by atoms with van der Waals surface area (Å²) in [5.41, 5.74) is 6.33. The lowest BCUT2D eigenvalue weighted by atomic mass is 10.1. The van der Waals surface area contributed by atoms with Gasteiger partial charge in [-0.05, 0) is 31.5 Å². The van der Waals surface area contributed by atoms with E-state index in [2.05, 4.69) is 10.3 Å². The molecule has 4 heteroatoms. The molecule has 1 aromatic rings. The quantitative estimate of drug-likeness (QED) is 0.782. The lowest BCUT2D eigenvalue weighted by molar-refractivity contribution is -0.116. The molecule has 0 radical (unpaired) electrons. The lowest BCUT2D eigenvalue weighted by Gasteiger charge is -2.08. The van der Waals surface area contributed by atoms with Gasteiger partial charge < -0.3 is 11.1 Å². The predicted molar refractivity (Wildman–Crippen MR) is 60.4 cm³/mol. The number of rotatable bonds is 4. The van der Waals surface area contributed by atoms with Crippen molar-refractivity contribution in [1.82, 2.24) is 4.98 Å². The van der Waals surface area contributed by atoms with E-state index >= 15 is 0 Å². The molecule has 4 nitrogen and oxygen atoms in total. The van der Waals surface area contributed by atoms with Gasteiger partial charge in [-0.3, -0.25) is 4.79 Å². The highest BCUT2D eigenvalue weighted by molar-refractivity contribution is 5.89. The maximum Gasteiger partial charge on any atom is 0.225 e. The molecule has 1 rings (SSSR count). The number of aryl methyl sites for hydroxylation is 1. The average Bonchev–Trinajstić information content (AvgIpc) is 2.17. The molecule has 0 aromatic carbocycles. The third-order valence-electron chi connectivity index (χ3n) is 2.09. The third kappa shape index (κ3) is 4.08. The van der Waals surface area contributed by atoms with Crippen LogP contribution in [0.25, 0.3) is 0 Å². The van der Waals surface area contributed by atoms with Crippen LogP contribution in [0.4, 0.5) is 5.82 Å². The Balaban J connectivity index is 2.51. The summed E-state index contributed by atoms with van der Waals surface area (Å²) in [6, 6.07) is 5.53. The lowest BCUT2D eigenvalue weighted by Crippen LogP contribution is -2.20. The summed E-state index contributed by atoms with van der Waals surface area (Å²) in [5, 5.41) is 2.74. The van der Waals surface area contributed by atoms with Gasteiger partial charge in [-0.2, -0.15) is 0 Å². The van der Waals surface area contributed by atoms with Crippen molar-refractivity contribution in [2.75, 3.05) is 11.9 Å². The predicted octanol–water partition coefficient (Wildman–Crippen LogP) is 1.31. The Bertz CT molecular complexity index is 338. The fourth-order valence-electron chi connectivity index (χ4n) is 1.21. The van der Waals surface area contributed by atoms with Crippen LogP contribution in [-0.2, 0) is 4.79 Å². The third-order valence-corrected chi connectivity index (χ3v) is 2.09. The number of carbonyl (C=O) groups is 1. The Morgan fingerprint density at radius 2 is 2.33 bits per heavy atom. The van der Waals surface area contributed by atoms with E-state index in [4.69, 9.17) is 5.73 Å². The first-order valence-electron chi connectivity index (χ1n) is 5.05. The number of anilines is 1. The second-order valence-electron chi connectivity index (χ2n) is 3.76. The molecule has 1 unspecified atom stereocenters. The summed E-state index contributed by atoms with van der Waals surface area (Å²) >= 11 is 0. The first kappa shape index (κ1) is 11.7. The molecule has 3 N–H and O–H groups in total. The van der Waals surface area contributed by atoms with Gasteiger partial charge in [0.05, 0.1) is 0 Å². The smallest absolute Gasteiger partial charge is 0.225 e. The van der Waals surface area contributed by atoms with Gasteiger partial charge in [-0.25, -0.2) is 4.98 Å². The molecule has 0 bridgehead atoms. The van der Waals surface area contributed by atoms with Crippen molar-refractivity contribution in [3.05, 3.63) is 23.9 Å². The summed E-state index contributed by atoms with van der Waals surface area (Å²) in [6.07, 6.45) is 0.437. The van der Waals surface area contributed by atoms with Gasteiger partial charge in [-0.1, -0.05) is 13.0 Å². The minimum atomic E-state index is -0.0361. The molecular weight excluding hydrogens is 190 g/mol. The van der Waals surface area contributed by atoms with Gasteiger partial charge in [0.2, 0.25) is 5.91 Å². The molecule has 0 saturated carbocycles. The topological polar surface area (TPSA) is 68.0 Å². The fourth-order valence-corrected chi connectivity index (χ4v) is 1.21. The van der Waals surface area contributed by atoms with E-state index < -0.39 is 0 Å². The normalized spacial score (nSPS) is 12.2. The molecule has 82 valence electrons. The molecule has 0 spiro atoms. The van der Waals surface area contributed by atoms with Gasteiger partial charge in [0.25, 0.3) is 0 Å². The number of aromatic nitrogens is 1. The maximum atomic E-state index is 11.5. The van der Waals surface area contributed by atoms with Crippen LogP contribution in [0.2, 0.25) is 0 Å². The Morgan fingerprint density at radius 1 is 1.60 bits per heavy atom. The van der Waals surface area contributed by atoms with Crippen LogP contribution in [0, 0.1) is 12.8 Å². The number of nitrogens with two attached hydrogens (primary N) is 1. The summed E-state index contributed by atoms with van der Waals surface area (Å²) in [4.78, 5) is 15.7. The molecule has 1 heterocycles. The number of hydrogen-bond acceptors (Lipinski definition) is 3. The highest BCUT2D eigenvalue weighted by Gasteiger charge is 2.07. The van der Waals surface area contributed by atoms with Crippen LogP contribution in [0.5, 0.6) is 0 Å². The van der Waals surface area contributed by atoms with Crippen molar-refractivity contribution in [3.63, 3.8) is 0 Å². The zero-order valence-corrected chi connectivity index (χ0v) is 9.16. The van der Waals surface area contributed by atoms with E-state index in [0.717, 1.165) is 5.69 Å². The summed E-state index contributed by atoms with van der Waals surface area (Å²) in [6.45, 7) is 4.36. The first-order valence-corrected chi connectivity index (χ1v) is 5.05. The van der Waals surface area contributed by atoms with Gasteiger partial charge in [0.15, 0.2) is 0 Å². The van der Waals surface area contributed by atoms with Crippen molar-refractivity contribution < 1.29 is 4.79 Å². The summed E-state index contributed by atoms with van der Waals surface area (Å²) in [7, 11) is 0. The van der Waals surface area contributed by atoms with Crippen LogP contribution in [0.3, 0.4) is 0 Å². The molecule has 1 aromatic heterocycles. The largest absolute Gasteiger partial charge is 0.330 e. The molecule has 0 saturated heterocycles. The number of carbonyl (C=O) groups excluding carboxylic acids is 1. The van der Waals surface area contributed by atoms with Gasteiger partial charge in [0.1, 0.15) is 5.82 Å². The molecule has 1 atom stereocenters. The van der Waals surface area contributed by atoms with E-state index in [9.17, 15) is 4.79 Å². The second-order valence-corrected chi connectivity index (χ2v) is 3.76. The van der Waals surface area contributed by atoms with Gasteiger partial charge in [-0.15, -0.1) is 0 Å². The average molecular weight is 207 g/mol. The van der Waals surface area contributed by atoms with Gasteiger partial charge >= 0.3 is 0 Å². The number of amides is 1. The van der Waals surface area contributed by atoms with E-state index in [1.165, 1.54) is 0 Å². The second kappa shape index (κ2) is 5.46. The minimum absolute atomic E-state index is 0.0361. The highest BCUT2D eigenvalue weighted by atomic mass is 16.1. The minimum Gasteiger partial charge on any atom is -0.330 e. The summed E-state index contributed by atoms with van der Waals surface area (Å²) < 4.78 is 0. The molecule has 0 aliphatic rings. The zero-order chi connectivity index (χ0) is 11.3. The van der Waals surface area contributed by atoms with Crippen molar-refractivity contribution in [3.8, 4) is 0 Å². The van der Waals surface area contributed by atoms with Crippen LogP contribution in [0.15, 0.2) is 18.2 Å². The molecule has 0 fully saturated rings. The Hall–Kier alpha value is -1.42. The van der Waals surface area contributed by atoms with Gasteiger partial charge in [0, 0.05) is 12.1 Å². The van der Waals surface area contributed by atoms with E-state index in [-0.39, 0.29) is 11.8 Å². The van der Waals surface area contributed by atoms with Crippen LogP contribution in [-0.4, -0.2) is 17.4 Å². The van der Waals surface area contributed by atoms with E-state index in [1.807, 2.05) is 26.0 Å². The number of hydrogen-bond donors (Lipinski definition) is 2. The molecule has 0 aliphatic heterocycles. The number of nitrogens with one attached hydrogen (secondary N) is 1. The van der Waals surface area contributed by atoms with Crippen molar-refractivity contribution in [1.29, 1.82) is 0 Å². The van der Waals surface area contributed by atoms with Crippen LogP contribution >= 0.6 is 0 Å². The standard InChI is InChI=1S/C11H17N3O/c1-8(7-12)6-11(15)14-10-5-3-4-9(2)13-10/h3-5,8H,6-7,12H2,1-2H3,(H,13,14,15). The van der Waals surface area contributed by atoms with Crippen molar-refractivity contribution >= 4 is 11.7 Å². The SMILES string of the molecule is Cc1cccc(NC(=O)CC(C)CN)n1. The zero-order valence-electron chi connectivity index (χ0n) is 9.16. The fraction of sp³-hybridized carbons (Fsp3) is 0.455. The maximum absolute atomic E-state index is 11.5. The van der Waals surface area contributed by atoms with Crippen LogP contribution in [0.1, 0.15) is 19.0 Å². The van der Waals surface area contributed by atoms with Crippen molar-refractivity contribution in [2.24, 2.45) is 11.7 Å². The molecule has 1 amide bonds. The van der Waals surface area contributed by atoms with Crippen LogP contribution < -0.4 is 11.1 Å². The Kier molecular flexibility index (Phi) is 4.24. The summed E-state index contributed by atoms with van der Waals surface area (Å²) in [5.74, 6) is 0.769. The highest BCUT2D eigenvalue weighted by Crippen LogP contribution is 2.06. The number of pyridine rings is 1. The van der Waals surface area contributed by atoms with E-state index in [1.54, 1.807) is 6.07 Å². The Labute approximate surface area is 89.9 Å². The van der Waals surface area contributed by atoms with Crippen molar-refractivity contribution in [2.45, 2.75) is 20.3 Å². The molecule has 0 aliphatic carbocycles.